The quantitative estimate of drug-likeness (QED) is 0.500. The SMILES string of the molecule is CC(C)(C)C(=O)N1CCN(c2ccc(NC(=O)/C=C/c3ccc(-c4ccc(F)cc4)o3)cc2)CC1. The number of hydrogen-bond donors (Lipinski definition) is 1. The van der Waals surface area contributed by atoms with Crippen LogP contribution >= 0.6 is 0 Å². The van der Waals surface area contributed by atoms with Crippen LogP contribution in [0.2, 0.25) is 0 Å². The minimum absolute atomic E-state index is 0.185. The van der Waals surface area contributed by atoms with Crippen LogP contribution in [0, 0.1) is 11.2 Å². The molecule has 1 aromatic heterocycles. The number of furan rings is 1. The van der Waals surface area contributed by atoms with Crippen LogP contribution in [0.3, 0.4) is 0 Å². The van der Waals surface area contributed by atoms with Crippen LogP contribution in [0.5, 0.6) is 0 Å². The first-order chi connectivity index (χ1) is 16.7. The topological polar surface area (TPSA) is 65.8 Å². The average molecular weight is 476 g/mol. The molecule has 1 fully saturated rings. The lowest BCUT2D eigenvalue weighted by Gasteiger charge is -2.38. The molecule has 0 aliphatic carbocycles. The van der Waals surface area contributed by atoms with E-state index in [0.29, 0.717) is 30.3 Å². The summed E-state index contributed by atoms with van der Waals surface area (Å²) < 4.78 is 18.8. The van der Waals surface area contributed by atoms with Gasteiger partial charge in [-0.15, -0.1) is 0 Å². The summed E-state index contributed by atoms with van der Waals surface area (Å²) >= 11 is 0. The summed E-state index contributed by atoms with van der Waals surface area (Å²) in [6.07, 6.45) is 3.00. The van der Waals surface area contributed by atoms with Gasteiger partial charge in [0.15, 0.2) is 0 Å². The van der Waals surface area contributed by atoms with E-state index in [1.54, 1.807) is 30.3 Å². The van der Waals surface area contributed by atoms with Crippen LogP contribution in [0.1, 0.15) is 26.5 Å². The highest BCUT2D eigenvalue weighted by molar-refractivity contribution is 6.01. The molecule has 2 amide bonds. The predicted molar refractivity (Wildman–Crippen MR) is 136 cm³/mol. The highest BCUT2D eigenvalue weighted by atomic mass is 19.1. The average Bonchev–Trinajstić information content (AvgIpc) is 3.32. The Morgan fingerprint density at radius 3 is 2.20 bits per heavy atom. The first-order valence-electron chi connectivity index (χ1n) is 11.7. The van der Waals surface area contributed by atoms with Gasteiger partial charge < -0.3 is 19.5 Å². The number of benzene rings is 2. The molecule has 35 heavy (non-hydrogen) atoms. The number of piperazine rings is 1. The molecule has 1 saturated heterocycles. The second-order valence-electron chi connectivity index (χ2n) is 9.61. The van der Waals surface area contributed by atoms with Gasteiger partial charge in [-0.25, -0.2) is 4.39 Å². The molecule has 0 spiro atoms. The number of amides is 2. The van der Waals surface area contributed by atoms with E-state index in [0.717, 1.165) is 24.3 Å². The molecule has 1 N–H and O–H groups in total. The Kier molecular flexibility index (Phi) is 7.05. The van der Waals surface area contributed by atoms with Crippen LogP contribution in [0.25, 0.3) is 17.4 Å². The zero-order valence-electron chi connectivity index (χ0n) is 20.3. The minimum Gasteiger partial charge on any atom is -0.457 e. The molecule has 6 nitrogen and oxygen atoms in total. The van der Waals surface area contributed by atoms with Crippen molar-refractivity contribution in [2.45, 2.75) is 20.8 Å². The van der Waals surface area contributed by atoms with Crippen molar-refractivity contribution < 1.29 is 18.4 Å². The van der Waals surface area contributed by atoms with E-state index >= 15 is 0 Å². The lowest BCUT2D eigenvalue weighted by Crippen LogP contribution is -2.51. The van der Waals surface area contributed by atoms with Gasteiger partial charge in [0.2, 0.25) is 11.8 Å². The molecule has 182 valence electrons. The van der Waals surface area contributed by atoms with Crippen molar-refractivity contribution in [2.75, 3.05) is 36.4 Å². The lowest BCUT2D eigenvalue weighted by molar-refractivity contribution is -0.139. The Balaban J connectivity index is 1.29. The van der Waals surface area contributed by atoms with Gasteiger partial charge in [-0.05, 0) is 66.7 Å². The van der Waals surface area contributed by atoms with E-state index in [2.05, 4.69) is 10.2 Å². The third-order valence-corrected chi connectivity index (χ3v) is 5.86. The number of anilines is 2. The maximum absolute atomic E-state index is 13.1. The molecule has 1 aliphatic heterocycles. The van der Waals surface area contributed by atoms with Crippen LogP contribution < -0.4 is 10.2 Å². The fourth-order valence-electron chi connectivity index (χ4n) is 3.95. The van der Waals surface area contributed by atoms with Crippen molar-refractivity contribution in [3.05, 3.63) is 78.3 Å². The summed E-state index contributed by atoms with van der Waals surface area (Å²) in [5.74, 6) is 0.736. The molecule has 0 unspecified atom stereocenters. The number of carbonyl (C=O) groups is 2. The highest BCUT2D eigenvalue weighted by Crippen LogP contribution is 2.24. The Bertz CT molecular complexity index is 1200. The Labute approximate surface area is 205 Å². The van der Waals surface area contributed by atoms with Crippen LogP contribution in [0.15, 0.2) is 71.2 Å². The summed E-state index contributed by atoms with van der Waals surface area (Å²) in [6, 6.07) is 17.3. The number of carbonyl (C=O) groups excluding carboxylic acids is 2. The van der Waals surface area contributed by atoms with Gasteiger partial charge in [0.1, 0.15) is 17.3 Å². The van der Waals surface area contributed by atoms with E-state index in [1.807, 2.05) is 49.9 Å². The predicted octanol–water partition coefficient (Wildman–Crippen LogP) is 5.43. The number of nitrogens with zero attached hydrogens (tertiary/aromatic N) is 2. The monoisotopic (exact) mass is 475 g/mol. The highest BCUT2D eigenvalue weighted by Gasteiger charge is 2.29. The normalized spacial score (nSPS) is 14.4. The molecule has 1 aliphatic rings. The third-order valence-electron chi connectivity index (χ3n) is 5.86. The summed E-state index contributed by atoms with van der Waals surface area (Å²) in [5, 5.41) is 2.85. The zero-order valence-corrected chi connectivity index (χ0v) is 20.3. The number of nitrogens with one attached hydrogen (secondary N) is 1. The number of halogens is 1. The van der Waals surface area contributed by atoms with Gasteiger partial charge in [0.05, 0.1) is 0 Å². The largest absolute Gasteiger partial charge is 0.457 e. The summed E-state index contributed by atoms with van der Waals surface area (Å²) in [5.41, 5.74) is 2.15. The Morgan fingerprint density at radius 1 is 0.914 bits per heavy atom. The second kappa shape index (κ2) is 10.2. The van der Waals surface area contributed by atoms with Crippen LogP contribution in [0.4, 0.5) is 15.8 Å². The van der Waals surface area contributed by atoms with Crippen LogP contribution in [-0.4, -0.2) is 42.9 Å². The van der Waals surface area contributed by atoms with Crippen molar-refractivity contribution in [1.29, 1.82) is 0 Å². The molecule has 4 rings (SSSR count). The summed E-state index contributed by atoms with van der Waals surface area (Å²) in [4.78, 5) is 29.0. The fraction of sp³-hybridized carbons (Fsp3) is 0.286. The molecule has 2 heterocycles. The molecular formula is C28H30FN3O3. The standard InChI is InChI=1S/C28H30FN3O3/c1-28(2,3)27(34)32-18-16-31(17-19-32)23-10-8-22(9-11-23)30-26(33)15-13-24-12-14-25(35-24)20-4-6-21(29)7-5-20/h4-15H,16-19H2,1-3H3,(H,30,33)/b15-13+. The van der Waals surface area contributed by atoms with Gasteiger partial charge in [0, 0.05) is 54.6 Å². The minimum atomic E-state index is -0.363. The zero-order chi connectivity index (χ0) is 25.0. The van der Waals surface area contributed by atoms with E-state index < -0.39 is 0 Å². The maximum Gasteiger partial charge on any atom is 0.248 e. The molecular weight excluding hydrogens is 445 g/mol. The molecule has 3 aromatic rings. The van der Waals surface area contributed by atoms with E-state index in [4.69, 9.17) is 4.42 Å². The van der Waals surface area contributed by atoms with Gasteiger partial charge in [0.25, 0.3) is 0 Å². The fourth-order valence-corrected chi connectivity index (χ4v) is 3.95. The van der Waals surface area contributed by atoms with Crippen molar-refractivity contribution >= 4 is 29.3 Å². The van der Waals surface area contributed by atoms with Gasteiger partial charge in [-0.1, -0.05) is 20.8 Å². The molecule has 7 heteroatoms. The first kappa shape index (κ1) is 24.3. The molecule has 0 atom stereocenters. The van der Waals surface area contributed by atoms with Crippen molar-refractivity contribution in [1.82, 2.24) is 4.90 Å². The summed E-state index contributed by atoms with van der Waals surface area (Å²) in [6.45, 7) is 8.81. The molecule has 2 aromatic carbocycles. The smallest absolute Gasteiger partial charge is 0.248 e. The van der Waals surface area contributed by atoms with E-state index in [9.17, 15) is 14.0 Å². The van der Waals surface area contributed by atoms with Gasteiger partial charge >= 0.3 is 0 Å². The van der Waals surface area contributed by atoms with Crippen molar-refractivity contribution in [2.24, 2.45) is 5.41 Å². The van der Waals surface area contributed by atoms with E-state index in [1.165, 1.54) is 18.2 Å². The Hall–Kier alpha value is -3.87. The number of rotatable bonds is 5. The summed E-state index contributed by atoms with van der Waals surface area (Å²) in [7, 11) is 0. The van der Waals surface area contributed by atoms with Gasteiger partial charge in [-0.2, -0.15) is 0 Å². The third kappa shape index (κ3) is 6.18. The molecule has 0 saturated carbocycles. The lowest BCUT2D eigenvalue weighted by atomic mass is 9.94. The first-order valence-corrected chi connectivity index (χ1v) is 11.7. The van der Waals surface area contributed by atoms with Crippen molar-refractivity contribution in [3.63, 3.8) is 0 Å². The second-order valence-corrected chi connectivity index (χ2v) is 9.61. The maximum atomic E-state index is 13.1. The molecule has 0 radical (unpaired) electrons. The molecule has 0 bridgehead atoms. The number of hydrogen-bond acceptors (Lipinski definition) is 4. The van der Waals surface area contributed by atoms with E-state index in [-0.39, 0.29) is 23.0 Å². The van der Waals surface area contributed by atoms with Crippen molar-refractivity contribution in [3.8, 4) is 11.3 Å². The van der Waals surface area contributed by atoms with Crippen LogP contribution in [-0.2, 0) is 9.59 Å². The van der Waals surface area contributed by atoms with Gasteiger partial charge in [-0.3, -0.25) is 9.59 Å². The Morgan fingerprint density at radius 2 is 1.57 bits per heavy atom.